The molecule has 202 valence electrons. The average Bonchev–Trinajstić information content (AvgIpc) is 3.43. The standard InChI is InChI=1S/C26H24I2O9S/c1-10(2)12-9-17(11(3)7-18(12)38(32,33)34)35-24(29)19-13-8-14-20(19)25(30)36-22(14)23(13)37-26(31)21-15(27)5-4-6-16(21)28/h4-7,9-10,13-14,19-20,22-23H,8H2,1-3H3,(H,32,33,34). The fourth-order valence-electron chi connectivity index (χ4n) is 5.98. The van der Waals surface area contributed by atoms with Gasteiger partial charge in [-0.15, -0.1) is 0 Å². The van der Waals surface area contributed by atoms with Crippen LogP contribution in [-0.4, -0.2) is 43.1 Å². The van der Waals surface area contributed by atoms with Gasteiger partial charge in [0.25, 0.3) is 10.1 Å². The highest BCUT2D eigenvalue weighted by atomic mass is 127. The van der Waals surface area contributed by atoms with Crippen molar-refractivity contribution in [3.8, 4) is 5.75 Å². The second-order valence-corrected chi connectivity index (χ2v) is 13.9. The molecule has 2 aliphatic carbocycles. The van der Waals surface area contributed by atoms with Gasteiger partial charge in [-0.3, -0.25) is 14.1 Å². The minimum absolute atomic E-state index is 0.138. The van der Waals surface area contributed by atoms with E-state index in [-0.39, 0.29) is 22.5 Å². The molecule has 12 heteroatoms. The van der Waals surface area contributed by atoms with Crippen LogP contribution in [0.25, 0.3) is 0 Å². The summed E-state index contributed by atoms with van der Waals surface area (Å²) in [6.45, 7) is 5.07. The van der Waals surface area contributed by atoms with Crippen molar-refractivity contribution in [2.75, 3.05) is 0 Å². The van der Waals surface area contributed by atoms with Gasteiger partial charge >= 0.3 is 17.9 Å². The number of aryl methyl sites for hydroxylation is 1. The van der Waals surface area contributed by atoms with Crippen LogP contribution in [0.15, 0.2) is 35.2 Å². The fourth-order valence-corrected chi connectivity index (χ4v) is 8.85. The lowest BCUT2D eigenvalue weighted by molar-refractivity contribution is -0.149. The summed E-state index contributed by atoms with van der Waals surface area (Å²) in [5, 5.41) is 0. The Morgan fingerprint density at radius 3 is 2.39 bits per heavy atom. The molecule has 1 aliphatic heterocycles. The van der Waals surface area contributed by atoms with E-state index >= 15 is 0 Å². The van der Waals surface area contributed by atoms with E-state index in [4.69, 9.17) is 14.2 Å². The van der Waals surface area contributed by atoms with Gasteiger partial charge in [0, 0.05) is 19.0 Å². The number of carbonyl (C=O) groups excluding carboxylic acids is 3. The molecule has 0 radical (unpaired) electrons. The third-order valence-electron chi connectivity index (χ3n) is 7.65. The first-order valence-corrected chi connectivity index (χ1v) is 15.6. The number of rotatable bonds is 6. The fraction of sp³-hybridized carbons (Fsp3) is 0.423. The summed E-state index contributed by atoms with van der Waals surface area (Å²) in [6.07, 6.45) is -0.902. The Hall–Kier alpha value is -1.78. The number of halogens is 2. The largest absolute Gasteiger partial charge is 0.458 e. The molecular weight excluding hydrogens is 742 g/mol. The lowest BCUT2D eigenvalue weighted by Gasteiger charge is -2.30. The maximum Gasteiger partial charge on any atom is 0.340 e. The Balaban J connectivity index is 1.43. The Kier molecular flexibility index (Phi) is 7.31. The van der Waals surface area contributed by atoms with E-state index in [0.717, 1.165) is 7.14 Å². The maximum absolute atomic E-state index is 13.5. The summed E-state index contributed by atoms with van der Waals surface area (Å²) < 4.78 is 52.1. The SMILES string of the molecule is Cc1cc(S(=O)(=O)O)c(C(C)C)cc1OC(=O)C1C2CC3C(OC(=O)C31)C2OC(=O)c1c(I)cccc1I. The zero-order chi connectivity index (χ0) is 27.7. The molecule has 9 nitrogen and oxygen atoms in total. The number of hydrogen-bond acceptors (Lipinski definition) is 8. The first kappa shape index (κ1) is 27.8. The van der Waals surface area contributed by atoms with Crippen LogP contribution in [0.3, 0.4) is 0 Å². The highest BCUT2D eigenvalue weighted by Crippen LogP contribution is 2.59. The molecule has 2 aromatic rings. The van der Waals surface area contributed by atoms with Crippen LogP contribution in [0.1, 0.15) is 47.7 Å². The molecule has 1 heterocycles. The van der Waals surface area contributed by atoms with Gasteiger partial charge in [-0.2, -0.15) is 8.42 Å². The molecule has 2 bridgehead atoms. The van der Waals surface area contributed by atoms with Gasteiger partial charge in [0.2, 0.25) is 0 Å². The van der Waals surface area contributed by atoms with E-state index in [1.54, 1.807) is 32.9 Å². The quantitative estimate of drug-likeness (QED) is 0.195. The lowest BCUT2D eigenvalue weighted by Crippen LogP contribution is -2.44. The Morgan fingerprint density at radius 2 is 1.79 bits per heavy atom. The second kappa shape index (κ2) is 10.0. The number of benzene rings is 2. The van der Waals surface area contributed by atoms with Crippen LogP contribution in [0, 0.1) is 37.7 Å². The molecule has 1 saturated heterocycles. The van der Waals surface area contributed by atoms with Crippen LogP contribution in [0.2, 0.25) is 0 Å². The second-order valence-electron chi connectivity index (χ2n) is 10.2. The molecule has 3 aliphatic rings. The average molecular weight is 766 g/mol. The molecule has 2 aromatic carbocycles. The summed E-state index contributed by atoms with van der Waals surface area (Å²) >= 11 is 4.13. The van der Waals surface area contributed by atoms with E-state index in [0.29, 0.717) is 23.1 Å². The molecule has 6 unspecified atom stereocenters. The molecule has 2 saturated carbocycles. The van der Waals surface area contributed by atoms with Crippen molar-refractivity contribution in [2.24, 2.45) is 23.7 Å². The van der Waals surface area contributed by atoms with Crippen LogP contribution in [0.4, 0.5) is 0 Å². The van der Waals surface area contributed by atoms with Gasteiger partial charge in [-0.25, -0.2) is 4.79 Å². The number of hydrogen-bond donors (Lipinski definition) is 1. The van der Waals surface area contributed by atoms with Gasteiger partial charge in [-0.05, 0) is 99.8 Å². The number of ether oxygens (including phenoxy) is 3. The van der Waals surface area contributed by atoms with Crippen molar-refractivity contribution in [2.45, 2.75) is 50.2 Å². The Bertz CT molecular complexity index is 1450. The molecule has 1 N–H and O–H groups in total. The van der Waals surface area contributed by atoms with E-state index in [1.165, 1.54) is 12.1 Å². The highest BCUT2D eigenvalue weighted by Gasteiger charge is 2.70. The summed E-state index contributed by atoms with van der Waals surface area (Å²) in [4.78, 5) is 39.2. The monoisotopic (exact) mass is 766 g/mol. The van der Waals surface area contributed by atoms with Crippen LogP contribution < -0.4 is 4.74 Å². The van der Waals surface area contributed by atoms with E-state index in [2.05, 4.69) is 45.2 Å². The van der Waals surface area contributed by atoms with Crippen molar-refractivity contribution in [3.05, 3.63) is 54.2 Å². The number of carbonyl (C=O) groups is 3. The van der Waals surface area contributed by atoms with Crippen molar-refractivity contribution in [1.82, 2.24) is 0 Å². The molecule has 6 atom stereocenters. The van der Waals surface area contributed by atoms with Gasteiger partial charge in [0.15, 0.2) is 0 Å². The highest BCUT2D eigenvalue weighted by molar-refractivity contribution is 14.1. The van der Waals surface area contributed by atoms with Crippen LogP contribution in [0.5, 0.6) is 5.75 Å². The van der Waals surface area contributed by atoms with Gasteiger partial charge in [-0.1, -0.05) is 19.9 Å². The topological polar surface area (TPSA) is 133 Å². The lowest BCUT2D eigenvalue weighted by atomic mass is 9.78. The minimum Gasteiger partial charge on any atom is -0.458 e. The smallest absolute Gasteiger partial charge is 0.340 e. The summed E-state index contributed by atoms with van der Waals surface area (Å²) in [7, 11) is -4.48. The molecule has 0 spiro atoms. The predicted molar refractivity (Wildman–Crippen MR) is 150 cm³/mol. The Morgan fingerprint density at radius 1 is 1.13 bits per heavy atom. The van der Waals surface area contributed by atoms with Crippen molar-refractivity contribution in [1.29, 1.82) is 0 Å². The zero-order valence-electron chi connectivity index (χ0n) is 20.5. The Labute approximate surface area is 247 Å². The molecule has 0 aromatic heterocycles. The molecule has 38 heavy (non-hydrogen) atoms. The van der Waals surface area contributed by atoms with E-state index < -0.39 is 58.0 Å². The normalized spacial score (nSPS) is 27.5. The molecule has 3 fully saturated rings. The summed E-state index contributed by atoms with van der Waals surface area (Å²) in [6, 6.07) is 8.13. The third kappa shape index (κ3) is 4.64. The van der Waals surface area contributed by atoms with Gasteiger partial charge in [0.05, 0.1) is 22.3 Å². The predicted octanol–water partition coefficient (Wildman–Crippen LogP) is 4.51. The summed E-state index contributed by atoms with van der Waals surface area (Å²) in [5.41, 5.74) is 1.06. The minimum atomic E-state index is -4.48. The van der Waals surface area contributed by atoms with Gasteiger partial charge < -0.3 is 14.2 Å². The van der Waals surface area contributed by atoms with Crippen molar-refractivity contribution in [3.63, 3.8) is 0 Å². The van der Waals surface area contributed by atoms with E-state index in [1.807, 2.05) is 6.07 Å². The van der Waals surface area contributed by atoms with Crippen molar-refractivity contribution >= 4 is 73.2 Å². The summed E-state index contributed by atoms with van der Waals surface area (Å²) in [5.74, 6) is -4.14. The molecule has 5 rings (SSSR count). The first-order chi connectivity index (χ1) is 17.8. The number of fused-ring (bicyclic) bond motifs is 1. The molecular formula is C26H24I2O9S. The zero-order valence-corrected chi connectivity index (χ0v) is 25.6. The van der Waals surface area contributed by atoms with Crippen LogP contribution >= 0.6 is 45.2 Å². The van der Waals surface area contributed by atoms with Crippen molar-refractivity contribution < 1.29 is 41.6 Å². The van der Waals surface area contributed by atoms with E-state index in [9.17, 15) is 27.4 Å². The van der Waals surface area contributed by atoms with Gasteiger partial charge in [0.1, 0.15) is 18.0 Å². The number of esters is 3. The third-order valence-corrected chi connectivity index (χ3v) is 10.4. The van der Waals surface area contributed by atoms with Crippen LogP contribution in [-0.2, 0) is 29.2 Å². The molecule has 0 amide bonds. The first-order valence-electron chi connectivity index (χ1n) is 12.0. The maximum atomic E-state index is 13.5.